The predicted molar refractivity (Wildman–Crippen MR) is 46.6 cm³/mol. The average molecular weight is 154 g/mol. The smallest absolute Gasteiger partial charge is 0.129 e. The molecule has 3 nitrogen and oxygen atoms in total. The highest BCUT2D eigenvalue weighted by Crippen LogP contribution is 2.02. The lowest BCUT2D eigenvalue weighted by Gasteiger charge is -2.20. The van der Waals surface area contributed by atoms with Crippen LogP contribution in [0.3, 0.4) is 0 Å². The van der Waals surface area contributed by atoms with E-state index in [0.717, 1.165) is 26.1 Å². The second-order valence-electron chi connectivity index (χ2n) is 2.71. The van der Waals surface area contributed by atoms with Crippen LogP contribution >= 0.6 is 0 Å². The molecule has 1 radical (unpaired) electrons. The third-order valence-corrected chi connectivity index (χ3v) is 1.86. The largest absolute Gasteiger partial charge is 0.359 e. The van der Waals surface area contributed by atoms with Crippen molar-refractivity contribution in [1.29, 1.82) is 0 Å². The molecule has 0 fully saturated rings. The first-order valence-electron chi connectivity index (χ1n) is 4.36. The Labute approximate surface area is 68.5 Å². The Bertz CT molecular complexity index is 142. The number of nitrogens with zero attached hydrogens (tertiary/aromatic N) is 3. The normalized spacial score (nSPS) is 16.0. The molecule has 0 aliphatic carbocycles. The molecule has 0 saturated carbocycles. The zero-order chi connectivity index (χ0) is 8.10. The van der Waals surface area contributed by atoms with E-state index >= 15 is 0 Å². The van der Waals surface area contributed by atoms with Crippen LogP contribution in [0.15, 0.2) is 5.10 Å². The molecule has 63 valence electrons. The van der Waals surface area contributed by atoms with E-state index in [1.54, 1.807) is 0 Å². The zero-order valence-electron chi connectivity index (χ0n) is 7.38. The van der Waals surface area contributed by atoms with Crippen molar-refractivity contribution in [2.24, 2.45) is 5.10 Å². The van der Waals surface area contributed by atoms with Gasteiger partial charge in [0, 0.05) is 19.5 Å². The van der Waals surface area contributed by atoms with Crippen LogP contribution in [0.2, 0.25) is 0 Å². The first-order valence-corrected chi connectivity index (χ1v) is 4.36. The van der Waals surface area contributed by atoms with Gasteiger partial charge >= 0.3 is 0 Å². The van der Waals surface area contributed by atoms with Gasteiger partial charge in [-0.1, -0.05) is 6.92 Å². The molecule has 1 aliphatic heterocycles. The molecule has 1 heterocycles. The van der Waals surface area contributed by atoms with E-state index in [0.29, 0.717) is 0 Å². The fraction of sp³-hybridized carbons (Fsp3) is 0.875. The molecule has 11 heavy (non-hydrogen) atoms. The van der Waals surface area contributed by atoms with Crippen molar-refractivity contribution in [2.75, 3.05) is 19.6 Å². The minimum absolute atomic E-state index is 0.884. The van der Waals surface area contributed by atoms with Crippen LogP contribution in [0.4, 0.5) is 0 Å². The molecular weight excluding hydrogens is 138 g/mol. The van der Waals surface area contributed by atoms with Crippen molar-refractivity contribution in [3.8, 4) is 0 Å². The van der Waals surface area contributed by atoms with Gasteiger partial charge in [-0.2, -0.15) is 5.43 Å². The molecule has 1 aliphatic rings. The van der Waals surface area contributed by atoms with Gasteiger partial charge in [0.05, 0.1) is 6.54 Å². The molecule has 0 aromatic heterocycles. The predicted octanol–water partition coefficient (Wildman–Crippen LogP) is 1.04. The van der Waals surface area contributed by atoms with Crippen LogP contribution in [0.25, 0.3) is 0 Å². The van der Waals surface area contributed by atoms with E-state index in [4.69, 9.17) is 0 Å². The second-order valence-corrected chi connectivity index (χ2v) is 2.71. The second kappa shape index (κ2) is 4.21. The lowest BCUT2D eigenvalue weighted by atomic mass is 10.3. The van der Waals surface area contributed by atoms with E-state index in [2.05, 4.69) is 29.3 Å². The monoisotopic (exact) mass is 154 g/mol. The van der Waals surface area contributed by atoms with Crippen LogP contribution in [0, 0.1) is 0 Å². The van der Waals surface area contributed by atoms with E-state index in [1.807, 2.05) is 0 Å². The van der Waals surface area contributed by atoms with Crippen LogP contribution in [0.1, 0.15) is 26.7 Å². The standard InChI is InChI=1S/C8H16N3/c1-3-7-11(4-2)8-5-6-9-10-8/h3-7H2,1-2H3. The lowest BCUT2D eigenvalue weighted by Crippen LogP contribution is -2.30. The molecule has 3 heteroatoms. The summed E-state index contributed by atoms with van der Waals surface area (Å²) in [5, 5.41) is 4.09. The van der Waals surface area contributed by atoms with Crippen molar-refractivity contribution >= 4 is 5.84 Å². The van der Waals surface area contributed by atoms with Gasteiger partial charge in [0.15, 0.2) is 0 Å². The van der Waals surface area contributed by atoms with Crippen molar-refractivity contribution in [1.82, 2.24) is 10.3 Å². The number of hydrogen-bond donors (Lipinski definition) is 0. The molecule has 0 saturated heterocycles. The Hall–Kier alpha value is -0.730. The minimum Gasteiger partial charge on any atom is -0.359 e. The third kappa shape index (κ3) is 2.10. The van der Waals surface area contributed by atoms with Gasteiger partial charge < -0.3 is 4.90 Å². The molecule has 0 amide bonds. The molecular formula is C8H16N3. The summed E-state index contributed by atoms with van der Waals surface area (Å²) in [4.78, 5) is 2.30. The molecule has 0 atom stereocenters. The quantitative estimate of drug-likeness (QED) is 0.597. The molecule has 0 aromatic carbocycles. The summed E-state index contributed by atoms with van der Waals surface area (Å²) < 4.78 is 0. The molecule has 0 N–H and O–H groups in total. The van der Waals surface area contributed by atoms with E-state index in [-0.39, 0.29) is 0 Å². The van der Waals surface area contributed by atoms with Crippen LogP contribution < -0.4 is 5.43 Å². The molecule has 0 unspecified atom stereocenters. The summed E-state index contributed by atoms with van der Waals surface area (Å²) in [7, 11) is 0. The van der Waals surface area contributed by atoms with Crippen molar-refractivity contribution < 1.29 is 0 Å². The first kappa shape index (κ1) is 8.37. The molecule has 0 aromatic rings. The van der Waals surface area contributed by atoms with Gasteiger partial charge in [0.1, 0.15) is 5.84 Å². The third-order valence-electron chi connectivity index (χ3n) is 1.86. The fourth-order valence-electron chi connectivity index (χ4n) is 1.29. The van der Waals surface area contributed by atoms with Crippen LogP contribution in [0.5, 0.6) is 0 Å². The Balaban J connectivity index is 2.40. The maximum absolute atomic E-state index is 4.09. The van der Waals surface area contributed by atoms with Crippen LogP contribution in [-0.2, 0) is 0 Å². The number of hydrogen-bond acceptors (Lipinski definition) is 2. The summed E-state index contributed by atoms with van der Waals surface area (Å²) in [5.74, 6) is 1.18. The van der Waals surface area contributed by atoms with Gasteiger partial charge in [-0.25, -0.2) is 0 Å². The fourth-order valence-corrected chi connectivity index (χ4v) is 1.29. The maximum atomic E-state index is 4.09. The first-order chi connectivity index (χ1) is 5.38. The van der Waals surface area contributed by atoms with E-state index < -0.39 is 0 Å². The highest BCUT2D eigenvalue weighted by molar-refractivity contribution is 5.83. The van der Waals surface area contributed by atoms with Gasteiger partial charge in [-0.15, -0.1) is 5.10 Å². The lowest BCUT2D eigenvalue weighted by molar-refractivity contribution is 0.434. The van der Waals surface area contributed by atoms with E-state index in [9.17, 15) is 0 Å². The summed E-state index contributed by atoms with van der Waals surface area (Å²) in [6.07, 6.45) is 2.22. The minimum atomic E-state index is 0.884. The van der Waals surface area contributed by atoms with Crippen LogP contribution in [-0.4, -0.2) is 30.4 Å². The highest BCUT2D eigenvalue weighted by atomic mass is 15.4. The number of rotatable bonds is 3. The van der Waals surface area contributed by atoms with Crippen molar-refractivity contribution in [3.63, 3.8) is 0 Å². The number of amidine groups is 1. The highest BCUT2D eigenvalue weighted by Gasteiger charge is 2.12. The average Bonchev–Trinajstić information content (AvgIpc) is 2.52. The summed E-state index contributed by atoms with van der Waals surface area (Å²) in [6.45, 7) is 7.41. The molecule has 0 spiro atoms. The summed E-state index contributed by atoms with van der Waals surface area (Å²) in [6, 6.07) is 0. The van der Waals surface area contributed by atoms with Gasteiger partial charge in [0.2, 0.25) is 0 Å². The SMILES string of the molecule is CCCN(CC)C1=N[N]CC1. The Morgan fingerprint density at radius 2 is 2.27 bits per heavy atom. The maximum Gasteiger partial charge on any atom is 0.129 e. The van der Waals surface area contributed by atoms with Crippen molar-refractivity contribution in [3.05, 3.63) is 0 Å². The Kier molecular flexibility index (Phi) is 3.20. The Morgan fingerprint density at radius 3 is 2.73 bits per heavy atom. The summed E-state index contributed by atoms with van der Waals surface area (Å²) in [5.41, 5.74) is 3.96. The topological polar surface area (TPSA) is 29.7 Å². The molecule has 1 rings (SSSR count). The molecule has 0 bridgehead atoms. The Morgan fingerprint density at radius 1 is 1.45 bits per heavy atom. The zero-order valence-corrected chi connectivity index (χ0v) is 7.38. The summed E-state index contributed by atoms with van der Waals surface area (Å²) >= 11 is 0. The van der Waals surface area contributed by atoms with Gasteiger partial charge in [-0.05, 0) is 13.3 Å². The van der Waals surface area contributed by atoms with Crippen molar-refractivity contribution in [2.45, 2.75) is 26.7 Å². The van der Waals surface area contributed by atoms with E-state index in [1.165, 1.54) is 12.3 Å². The van der Waals surface area contributed by atoms with Gasteiger partial charge in [-0.3, -0.25) is 0 Å². The van der Waals surface area contributed by atoms with Gasteiger partial charge in [0.25, 0.3) is 0 Å².